The summed E-state index contributed by atoms with van der Waals surface area (Å²) in [5.41, 5.74) is 2.93. The van der Waals surface area contributed by atoms with E-state index < -0.39 is 17.7 Å². The molecule has 1 fully saturated rings. The van der Waals surface area contributed by atoms with E-state index in [0.717, 1.165) is 66.5 Å². The number of pyridine rings is 3. The van der Waals surface area contributed by atoms with Crippen molar-refractivity contribution in [3.63, 3.8) is 0 Å². The molecule has 0 unspecified atom stereocenters. The van der Waals surface area contributed by atoms with E-state index in [4.69, 9.17) is 0 Å². The van der Waals surface area contributed by atoms with Crippen LogP contribution in [0.15, 0.2) is 61.4 Å². The van der Waals surface area contributed by atoms with Crippen molar-refractivity contribution < 1.29 is 17.6 Å². The number of hydrogen-bond acceptors (Lipinski definition) is 6. The first-order valence-electron chi connectivity index (χ1n) is 13.0. The van der Waals surface area contributed by atoms with Gasteiger partial charge in [-0.25, -0.2) is 9.97 Å². The van der Waals surface area contributed by atoms with Crippen molar-refractivity contribution in [3.05, 3.63) is 89.6 Å². The molecule has 40 heavy (non-hydrogen) atoms. The fraction of sp³-hybridized carbons (Fsp3) is 0.286. The molecule has 0 saturated carbocycles. The summed E-state index contributed by atoms with van der Waals surface area (Å²) >= 11 is 0. The Morgan fingerprint density at radius 3 is 2.65 bits per heavy atom. The SMILES string of the molecule is Fc1nc(NCc2cnccc2C(F)(F)F)ccc1Cc1c[nH]c2ncc(-c3cnn(C4CCNCC4)c3)cc12. The molecule has 3 N–H and O–H groups in total. The number of alkyl halides is 3. The van der Waals surface area contributed by atoms with Crippen LogP contribution in [0.3, 0.4) is 0 Å². The van der Waals surface area contributed by atoms with Gasteiger partial charge in [-0.15, -0.1) is 0 Å². The normalized spacial score (nSPS) is 14.6. The van der Waals surface area contributed by atoms with E-state index in [0.29, 0.717) is 17.3 Å². The zero-order chi connectivity index (χ0) is 27.7. The molecule has 6 rings (SSSR count). The van der Waals surface area contributed by atoms with Crippen LogP contribution in [0, 0.1) is 5.95 Å². The predicted molar refractivity (Wildman–Crippen MR) is 142 cm³/mol. The Kier molecular flexibility index (Phi) is 6.93. The Hall–Kier alpha value is -4.32. The zero-order valence-corrected chi connectivity index (χ0v) is 21.3. The van der Waals surface area contributed by atoms with Gasteiger partial charge in [0, 0.05) is 71.6 Å². The summed E-state index contributed by atoms with van der Waals surface area (Å²) < 4.78 is 56.7. The zero-order valence-electron chi connectivity index (χ0n) is 21.3. The Morgan fingerprint density at radius 2 is 1.85 bits per heavy atom. The first-order valence-corrected chi connectivity index (χ1v) is 13.0. The smallest absolute Gasteiger partial charge is 0.366 e. The van der Waals surface area contributed by atoms with E-state index in [1.54, 1.807) is 24.5 Å². The molecular weight excluding hydrogens is 524 g/mol. The molecule has 6 heterocycles. The number of fused-ring (bicyclic) bond motifs is 1. The van der Waals surface area contributed by atoms with Crippen molar-refractivity contribution in [1.82, 2.24) is 35.0 Å². The number of nitrogens with zero attached hydrogens (tertiary/aromatic N) is 5. The van der Waals surface area contributed by atoms with E-state index in [1.807, 2.05) is 23.1 Å². The second kappa shape index (κ2) is 10.7. The molecule has 0 radical (unpaired) electrons. The molecule has 0 atom stereocenters. The maximum absolute atomic E-state index is 15.0. The Morgan fingerprint density at radius 1 is 1.00 bits per heavy atom. The summed E-state index contributed by atoms with van der Waals surface area (Å²) in [5.74, 6) is -0.569. The third-order valence-electron chi connectivity index (χ3n) is 7.21. The molecule has 0 aromatic carbocycles. The van der Waals surface area contributed by atoms with Gasteiger partial charge in [-0.2, -0.15) is 22.7 Å². The van der Waals surface area contributed by atoms with Gasteiger partial charge in [0.2, 0.25) is 5.95 Å². The minimum Gasteiger partial charge on any atom is -0.366 e. The van der Waals surface area contributed by atoms with Crippen molar-refractivity contribution >= 4 is 16.9 Å². The summed E-state index contributed by atoms with van der Waals surface area (Å²) in [4.78, 5) is 15.4. The minimum atomic E-state index is -4.51. The van der Waals surface area contributed by atoms with Crippen molar-refractivity contribution in [2.24, 2.45) is 0 Å². The maximum Gasteiger partial charge on any atom is 0.416 e. The summed E-state index contributed by atoms with van der Waals surface area (Å²) in [5, 5.41) is 11.6. The maximum atomic E-state index is 15.0. The summed E-state index contributed by atoms with van der Waals surface area (Å²) in [6, 6.07) is 6.44. The Bertz CT molecular complexity index is 1640. The molecular formula is C28H26F4N8. The van der Waals surface area contributed by atoms with Gasteiger partial charge >= 0.3 is 6.18 Å². The highest BCUT2D eigenvalue weighted by Crippen LogP contribution is 2.32. The van der Waals surface area contributed by atoms with Gasteiger partial charge in [0.1, 0.15) is 11.5 Å². The van der Waals surface area contributed by atoms with Gasteiger partial charge in [-0.3, -0.25) is 9.67 Å². The molecule has 0 spiro atoms. The largest absolute Gasteiger partial charge is 0.416 e. The van der Waals surface area contributed by atoms with E-state index in [-0.39, 0.29) is 24.3 Å². The van der Waals surface area contributed by atoms with E-state index in [9.17, 15) is 17.6 Å². The van der Waals surface area contributed by atoms with Gasteiger partial charge in [0.25, 0.3) is 0 Å². The summed E-state index contributed by atoms with van der Waals surface area (Å²) in [6.45, 7) is 1.76. The summed E-state index contributed by atoms with van der Waals surface area (Å²) in [6.07, 6.45) is 7.53. The lowest BCUT2D eigenvalue weighted by molar-refractivity contribution is -0.138. The van der Waals surface area contributed by atoms with Crippen molar-refractivity contribution in [2.75, 3.05) is 18.4 Å². The highest BCUT2D eigenvalue weighted by atomic mass is 19.4. The number of piperidine rings is 1. The van der Waals surface area contributed by atoms with Crippen LogP contribution in [-0.2, 0) is 19.1 Å². The standard InChI is InChI=1S/C28H26F4N8/c29-26-17(1-2-25(39-26)35-14-20-11-34-8-5-24(20)28(30,31)32)9-19-13-37-27-23(19)10-18(12-36-27)21-15-38-40(16-21)22-3-6-33-7-4-22/h1-2,5,8,10-13,15-16,22,33H,3-4,6-7,9,14H2,(H,35,39)(H,36,37). The van der Waals surface area contributed by atoms with Crippen LogP contribution in [0.2, 0.25) is 0 Å². The lowest BCUT2D eigenvalue weighted by Gasteiger charge is -2.22. The second-order valence-corrected chi connectivity index (χ2v) is 9.83. The molecule has 1 saturated heterocycles. The van der Waals surface area contributed by atoms with E-state index >= 15 is 0 Å². The number of nitrogens with one attached hydrogen (secondary N) is 3. The van der Waals surface area contributed by atoms with Crippen LogP contribution in [0.25, 0.3) is 22.2 Å². The van der Waals surface area contributed by atoms with Gasteiger partial charge in [-0.1, -0.05) is 6.07 Å². The molecule has 1 aliphatic rings. The van der Waals surface area contributed by atoms with Crippen molar-refractivity contribution in [1.29, 1.82) is 0 Å². The van der Waals surface area contributed by atoms with Crippen LogP contribution < -0.4 is 10.6 Å². The number of halogens is 4. The molecule has 1 aliphatic heterocycles. The van der Waals surface area contributed by atoms with Crippen LogP contribution >= 0.6 is 0 Å². The number of aromatic nitrogens is 6. The minimum absolute atomic E-state index is 0.0512. The molecule has 12 heteroatoms. The number of rotatable bonds is 7. The fourth-order valence-electron chi connectivity index (χ4n) is 5.05. The monoisotopic (exact) mass is 550 g/mol. The fourth-order valence-corrected chi connectivity index (χ4v) is 5.05. The molecule has 0 aliphatic carbocycles. The van der Waals surface area contributed by atoms with Crippen LogP contribution in [0.5, 0.6) is 0 Å². The quantitative estimate of drug-likeness (QED) is 0.183. The predicted octanol–water partition coefficient (Wildman–Crippen LogP) is 5.50. The first-order chi connectivity index (χ1) is 19.3. The topological polar surface area (TPSA) is 96.3 Å². The number of anilines is 1. The number of H-pyrrole nitrogens is 1. The van der Waals surface area contributed by atoms with Gasteiger partial charge in [0.05, 0.1) is 17.8 Å². The van der Waals surface area contributed by atoms with Crippen LogP contribution in [-0.4, -0.2) is 42.8 Å². The van der Waals surface area contributed by atoms with E-state index in [2.05, 4.69) is 35.7 Å². The molecule has 5 aromatic rings. The van der Waals surface area contributed by atoms with E-state index in [1.165, 1.54) is 0 Å². The molecule has 0 amide bonds. The van der Waals surface area contributed by atoms with Gasteiger partial charge < -0.3 is 15.6 Å². The Labute approximate surface area is 226 Å². The number of aromatic amines is 1. The highest BCUT2D eigenvalue weighted by molar-refractivity contribution is 5.84. The third-order valence-corrected chi connectivity index (χ3v) is 7.21. The number of hydrogen-bond donors (Lipinski definition) is 3. The second-order valence-electron chi connectivity index (χ2n) is 9.83. The van der Waals surface area contributed by atoms with Gasteiger partial charge in [-0.05, 0) is 49.7 Å². The van der Waals surface area contributed by atoms with Gasteiger partial charge in [0.15, 0.2) is 0 Å². The average Bonchev–Trinajstić information content (AvgIpc) is 3.61. The molecule has 206 valence electrons. The molecule has 8 nitrogen and oxygen atoms in total. The average molecular weight is 551 g/mol. The van der Waals surface area contributed by atoms with Crippen molar-refractivity contribution in [2.45, 2.75) is 38.0 Å². The molecule has 5 aromatic heterocycles. The Balaban J connectivity index is 1.18. The highest BCUT2D eigenvalue weighted by Gasteiger charge is 2.33. The van der Waals surface area contributed by atoms with Crippen molar-refractivity contribution in [3.8, 4) is 11.1 Å². The lowest BCUT2D eigenvalue weighted by Crippen LogP contribution is -2.29. The van der Waals surface area contributed by atoms with Crippen LogP contribution in [0.1, 0.15) is 41.1 Å². The van der Waals surface area contributed by atoms with Crippen LogP contribution in [0.4, 0.5) is 23.4 Å². The molecule has 0 bridgehead atoms. The lowest BCUT2D eigenvalue weighted by atomic mass is 10.0. The first kappa shape index (κ1) is 25.9. The third kappa shape index (κ3) is 5.39. The summed E-state index contributed by atoms with van der Waals surface area (Å²) in [7, 11) is 0.